The van der Waals surface area contributed by atoms with Crippen LogP contribution in [-0.4, -0.2) is 57.0 Å². The Morgan fingerprint density at radius 3 is 2.92 bits per heavy atom. The first-order valence-electron chi connectivity index (χ1n) is 3.05. The molecule has 0 spiro atoms. The Balaban J connectivity index is 0.00000121. The normalized spacial score (nSPS) is 8.75. The van der Waals surface area contributed by atoms with Crippen LogP contribution in [0.1, 0.15) is 0 Å². The first-order valence-corrected chi connectivity index (χ1v) is 3.05. The molecule has 0 saturated carbocycles. The number of hydrogen-bond donors (Lipinski definition) is 1. The van der Waals surface area contributed by atoms with Gasteiger partial charge in [-0.15, -0.1) is 0 Å². The molecule has 0 atom stereocenters. The number of aliphatic hydroxyl groups is 1. The molecule has 6 heteroatoms. The molecule has 0 bridgehead atoms. The standard InChI is InChI=1S/C6H8N2O3.Na.H/c9-5-11-6(10)3-8-2-1-7-4-8;;/h1-2,4,9H,3,5H2;;. The van der Waals surface area contributed by atoms with Gasteiger partial charge in [-0.05, 0) is 0 Å². The number of esters is 1. The van der Waals surface area contributed by atoms with Gasteiger partial charge in [-0.3, -0.25) is 4.79 Å². The fraction of sp³-hybridized carbons (Fsp3) is 0.333. The van der Waals surface area contributed by atoms with E-state index in [4.69, 9.17) is 5.11 Å². The van der Waals surface area contributed by atoms with Crippen molar-refractivity contribution in [3.63, 3.8) is 0 Å². The van der Waals surface area contributed by atoms with E-state index in [0.29, 0.717) is 0 Å². The predicted molar refractivity (Wildman–Crippen MR) is 42.6 cm³/mol. The van der Waals surface area contributed by atoms with Crippen LogP contribution in [0.4, 0.5) is 0 Å². The summed E-state index contributed by atoms with van der Waals surface area (Å²) in [4.78, 5) is 14.4. The van der Waals surface area contributed by atoms with E-state index in [0.717, 1.165) is 0 Å². The van der Waals surface area contributed by atoms with E-state index in [1.165, 1.54) is 6.33 Å². The number of hydrogen-bond acceptors (Lipinski definition) is 4. The second kappa shape index (κ2) is 6.19. The number of carbonyl (C=O) groups is 1. The van der Waals surface area contributed by atoms with Crippen molar-refractivity contribution in [2.45, 2.75) is 6.54 Å². The van der Waals surface area contributed by atoms with Crippen molar-refractivity contribution >= 4 is 35.5 Å². The zero-order valence-electron chi connectivity index (χ0n) is 5.80. The Hall–Kier alpha value is -0.360. The molecule has 5 nitrogen and oxygen atoms in total. The number of nitrogens with zero attached hydrogens (tertiary/aromatic N) is 2. The van der Waals surface area contributed by atoms with E-state index >= 15 is 0 Å². The summed E-state index contributed by atoms with van der Waals surface area (Å²) >= 11 is 0. The van der Waals surface area contributed by atoms with Gasteiger partial charge in [-0.2, -0.15) is 0 Å². The summed E-state index contributed by atoms with van der Waals surface area (Å²) in [5.74, 6) is -0.481. The minimum absolute atomic E-state index is 0. The minimum atomic E-state index is -0.576. The SMILES string of the molecule is O=C(Cn1ccnc1)OCO.[NaH]. The Labute approximate surface area is 91.6 Å². The average molecular weight is 180 g/mol. The summed E-state index contributed by atoms with van der Waals surface area (Å²) in [6.45, 7) is -0.492. The van der Waals surface area contributed by atoms with Crippen LogP contribution in [0.3, 0.4) is 0 Å². The molecule has 0 aliphatic carbocycles. The van der Waals surface area contributed by atoms with E-state index in [1.54, 1.807) is 17.0 Å². The van der Waals surface area contributed by atoms with Crippen molar-refractivity contribution < 1.29 is 14.6 Å². The number of carbonyl (C=O) groups excluding carboxylic acids is 1. The molecule has 0 unspecified atom stereocenters. The monoisotopic (exact) mass is 180 g/mol. The van der Waals surface area contributed by atoms with Gasteiger partial charge in [0.25, 0.3) is 0 Å². The van der Waals surface area contributed by atoms with E-state index in [2.05, 4.69) is 9.72 Å². The molecule has 0 aliphatic rings. The summed E-state index contributed by atoms with van der Waals surface area (Å²) < 4.78 is 5.84. The van der Waals surface area contributed by atoms with E-state index in [9.17, 15) is 4.79 Å². The van der Waals surface area contributed by atoms with Crippen LogP contribution in [0.5, 0.6) is 0 Å². The summed E-state index contributed by atoms with van der Waals surface area (Å²) in [5, 5.41) is 8.20. The number of aromatic nitrogens is 2. The topological polar surface area (TPSA) is 64.4 Å². The molecule has 1 heterocycles. The van der Waals surface area contributed by atoms with Gasteiger partial charge in [0.1, 0.15) is 6.54 Å². The molecular weight excluding hydrogens is 171 g/mol. The molecule has 0 radical (unpaired) electrons. The quantitative estimate of drug-likeness (QED) is 0.358. The maximum atomic E-state index is 10.7. The summed E-state index contributed by atoms with van der Waals surface area (Å²) in [6.07, 6.45) is 4.70. The fourth-order valence-electron chi connectivity index (χ4n) is 0.647. The van der Waals surface area contributed by atoms with Crippen molar-refractivity contribution in [2.24, 2.45) is 0 Å². The fourth-order valence-corrected chi connectivity index (χ4v) is 0.647. The third-order valence-electron chi connectivity index (χ3n) is 1.10. The number of aliphatic hydroxyl groups excluding tert-OH is 1. The first kappa shape index (κ1) is 11.6. The molecule has 1 rings (SSSR count). The van der Waals surface area contributed by atoms with Gasteiger partial charge in [0.2, 0.25) is 0 Å². The first-order chi connectivity index (χ1) is 5.33. The van der Waals surface area contributed by atoms with Gasteiger partial charge < -0.3 is 14.4 Å². The molecule has 0 amide bonds. The van der Waals surface area contributed by atoms with Gasteiger partial charge in [0.05, 0.1) is 6.33 Å². The Morgan fingerprint density at radius 1 is 1.67 bits per heavy atom. The van der Waals surface area contributed by atoms with Crippen LogP contribution in [-0.2, 0) is 16.1 Å². The zero-order valence-corrected chi connectivity index (χ0v) is 5.80. The summed E-state index contributed by atoms with van der Waals surface area (Å²) in [5.41, 5.74) is 0. The van der Waals surface area contributed by atoms with E-state index in [-0.39, 0.29) is 36.1 Å². The van der Waals surface area contributed by atoms with Crippen LogP contribution >= 0.6 is 0 Å². The molecule has 62 valence electrons. The van der Waals surface area contributed by atoms with E-state index < -0.39 is 12.8 Å². The number of rotatable bonds is 3. The van der Waals surface area contributed by atoms with Gasteiger partial charge in [0.15, 0.2) is 6.79 Å². The Morgan fingerprint density at radius 2 is 2.42 bits per heavy atom. The second-order valence-corrected chi connectivity index (χ2v) is 1.88. The molecule has 0 fully saturated rings. The number of imidazole rings is 1. The van der Waals surface area contributed by atoms with Gasteiger partial charge >= 0.3 is 35.5 Å². The van der Waals surface area contributed by atoms with Crippen LogP contribution in [0.2, 0.25) is 0 Å². The van der Waals surface area contributed by atoms with Crippen LogP contribution < -0.4 is 0 Å². The van der Waals surface area contributed by atoms with Crippen molar-refractivity contribution in [2.75, 3.05) is 6.79 Å². The maximum absolute atomic E-state index is 10.7. The van der Waals surface area contributed by atoms with Crippen molar-refractivity contribution in [3.8, 4) is 0 Å². The molecule has 0 saturated heterocycles. The third-order valence-corrected chi connectivity index (χ3v) is 1.10. The summed E-state index contributed by atoms with van der Waals surface area (Å²) in [6, 6.07) is 0. The summed E-state index contributed by atoms with van der Waals surface area (Å²) in [7, 11) is 0. The predicted octanol–water partition coefficient (Wildman–Crippen LogP) is -1.27. The van der Waals surface area contributed by atoms with Gasteiger partial charge in [0, 0.05) is 12.4 Å². The zero-order chi connectivity index (χ0) is 8.10. The second-order valence-electron chi connectivity index (χ2n) is 1.88. The van der Waals surface area contributed by atoms with Crippen LogP contribution in [0.25, 0.3) is 0 Å². The number of ether oxygens (including phenoxy) is 1. The van der Waals surface area contributed by atoms with Crippen molar-refractivity contribution in [1.29, 1.82) is 0 Å². The molecule has 0 aliphatic heterocycles. The molecule has 1 N–H and O–H groups in total. The van der Waals surface area contributed by atoms with Gasteiger partial charge in [-0.25, -0.2) is 4.98 Å². The molecule has 12 heavy (non-hydrogen) atoms. The Bertz CT molecular complexity index is 225. The van der Waals surface area contributed by atoms with Crippen molar-refractivity contribution in [3.05, 3.63) is 18.7 Å². The van der Waals surface area contributed by atoms with Crippen LogP contribution in [0, 0.1) is 0 Å². The molecule has 0 aromatic carbocycles. The average Bonchev–Trinajstić information content (AvgIpc) is 2.40. The molecular formula is C6H9N2NaO3. The molecule has 1 aromatic heterocycles. The van der Waals surface area contributed by atoms with Crippen LogP contribution in [0.15, 0.2) is 18.7 Å². The third kappa shape index (κ3) is 3.87. The van der Waals surface area contributed by atoms with Gasteiger partial charge in [-0.1, -0.05) is 0 Å². The molecule has 1 aromatic rings. The van der Waals surface area contributed by atoms with E-state index in [1.807, 2.05) is 0 Å². The Kier molecular flexibility index (Phi) is 6.00. The van der Waals surface area contributed by atoms with Crippen molar-refractivity contribution in [1.82, 2.24) is 9.55 Å².